The molecule has 1 saturated heterocycles. The first-order valence-corrected chi connectivity index (χ1v) is 10.9. The fourth-order valence-electron chi connectivity index (χ4n) is 5.13. The number of aryl methyl sites for hydroxylation is 1. The predicted molar refractivity (Wildman–Crippen MR) is 112 cm³/mol. The molecule has 1 aromatic carbocycles. The van der Waals surface area contributed by atoms with Crippen molar-refractivity contribution in [2.24, 2.45) is 0 Å². The van der Waals surface area contributed by atoms with Gasteiger partial charge in [0.15, 0.2) is 0 Å². The standard InChI is InChI=1S/C23H31N3O3/c1-16(2)17-9-10-19-18(14-17)8-7-13-25(19)20(27)15-26-21(28)23(24(3)22(26)29)11-5-4-6-12-23/h9-10,14,16H,4-8,11-13,15H2,1-3H3. The maximum absolute atomic E-state index is 13.2. The monoisotopic (exact) mass is 397 g/mol. The summed E-state index contributed by atoms with van der Waals surface area (Å²) in [5, 5.41) is 0. The summed E-state index contributed by atoms with van der Waals surface area (Å²) in [4.78, 5) is 43.7. The van der Waals surface area contributed by atoms with Crippen LogP contribution in [0.3, 0.4) is 0 Å². The van der Waals surface area contributed by atoms with Gasteiger partial charge in [0.05, 0.1) is 0 Å². The Bertz CT molecular complexity index is 842. The quantitative estimate of drug-likeness (QED) is 0.731. The van der Waals surface area contributed by atoms with E-state index in [-0.39, 0.29) is 24.4 Å². The first-order chi connectivity index (χ1) is 13.8. The van der Waals surface area contributed by atoms with Gasteiger partial charge in [0, 0.05) is 19.3 Å². The van der Waals surface area contributed by atoms with Gasteiger partial charge in [-0.2, -0.15) is 0 Å². The number of likely N-dealkylation sites (N-methyl/N-ethyl adjacent to an activating group) is 1. The van der Waals surface area contributed by atoms with Gasteiger partial charge in [0.1, 0.15) is 12.1 Å². The molecule has 3 aliphatic rings. The number of anilines is 1. The molecule has 4 rings (SSSR count). The zero-order valence-corrected chi connectivity index (χ0v) is 17.7. The summed E-state index contributed by atoms with van der Waals surface area (Å²) in [5.74, 6) is 0.0742. The van der Waals surface area contributed by atoms with Crippen molar-refractivity contribution in [1.82, 2.24) is 9.80 Å². The van der Waals surface area contributed by atoms with Crippen molar-refractivity contribution >= 4 is 23.5 Å². The minimum Gasteiger partial charge on any atom is -0.313 e. The second-order valence-corrected chi connectivity index (χ2v) is 9.02. The van der Waals surface area contributed by atoms with E-state index >= 15 is 0 Å². The number of imide groups is 1. The zero-order valence-electron chi connectivity index (χ0n) is 17.7. The van der Waals surface area contributed by atoms with Crippen molar-refractivity contribution < 1.29 is 14.4 Å². The number of urea groups is 1. The van der Waals surface area contributed by atoms with Gasteiger partial charge in [0.2, 0.25) is 5.91 Å². The first-order valence-electron chi connectivity index (χ1n) is 10.9. The van der Waals surface area contributed by atoms with E-state index in [1.54, 1.807) is 16.8 Å². The van der Waals surface area contributed by atoms with Crippen molar-refractivity contribution in [1.29, 1.82) is 0 Å². The van der Waals surface area contributed by atoms with E-state index in [2.05, 4.69) is 26.0 Å². The minimum atomic E-state index is -0.735. The Morgan fingerprint density at radius 3 is 2.52 bits per heavy atom. The van der Waals surface area contributed by atoms with Crippen molar-refractivity contribution in [2.75, 3.05) is 25.0 Å². The molecule has 0 atom stereocenters. The van der Waals surface area contributed by atoms with Crippen LogP contribution in [0.15, 0.2) is 18.2 Å². The van der Waals surface area contributed by atoms with E-state index < -0.39 is 5.54 Å². The lowest BCUT2D eigenvalue weighted by Gasteiger charge is -2.36. The molecule has 1 spiro atoms. The van der Waals surface area contributed by atoms with Crippen LogP contribution >= 0.6 is 0 Å². The molecule has 1 aliphatic carbocycles. The van der Waals surface area contributed by atoms with Crippen molar-refractivity contribution in [3.05, 3.63) is 29.3 Å². The molecule has 4 amide bonds. The summed E-state index contributed by atoms with van der Waals surface area (Å²) in [5.41, 5.74) is 2.63. The summed E-state index contributed by atoms with van der Waals surface area (Å²) in [6.45, 7) is 4.78. The normalized spacial score (nSPS) is 21.3. The first kappa shape index (κ1) is 19.9. The molecule has 2 aliphatic heterocycles. The van der Waals surface area contributed by atoms with E-state index in [0.717, 1.165) is 37.8 Å². The van der Waals surface area contributed by atoms with E-state index in [0.29, 0.717) is 25.3 Å². The molecule has 2 heterocycles. The van der Waals surface area contributed by atoms with Crippen LogP contribution < -0.4 is 4.90 Å². The molecule has 0 bridgehead atoms. The summed E-state index contributed by atoms with van der Waals surface area (Å²) < 4.78 is 0. The lowest BCUT2D eigenvalue weighted by Crippen LogP contribution is -2.50. The topological polar surface area (TPSA) is 60.9 Å². The van der Waals surface area contributed by atoms with Crippen LogP contribution in [-0.4, -0.2) is 53.3 Å². The molecule has 0 unspecified atom stereocenters. The maximum atomic E-state index is 13.2. The molecule has 6 heteroatoms. The Kier molecular flexibility index (Phi) is 5.13. The van der Waals surface area contributed by atoms with E-state index in [9.17, 15) is 14.4 Å². The Morgan fingerprint density at radius 1 is 1.10 bits per heavy atom. The smallest absolute Gasteiger partial charge is 0.313 e. The molecule has 1 aromatic rings. The third-order valence-electron chi connectivity index (χ3n) is 6.97. The Hall–Kier alpha value is -2.37. The molecule has 6 nitrogen and oxygen atoms in total. The van der Waals surface area contributed by atoms with Crippen LogP contribution in [0.1, 0.15) is 69.4 Å². The van der Waals surface area contributed by atoms with Crippen LogP contribution in [0, 0.1) is 0 Å². The Balaban J connectivity index is 1.55. The van der Waals surface area contributed by atoms with Crippen molar-refractivity contribution in [3.63, 3.8) is 0 Å². The number of benzene rings is 1. The highest BCUT2D eigenvalue weighted by atomic mass is 16.2. The third-order valence-corrected chi connectivity index (χ3v) is 6.97. The van der Waals surface area contributed by atoms with E-state index in [1.807, 2.05) is 6.07 Å². The number of amides is 4. The predicted octanol–water partition coefficient (Wildman–Crippen LogP) is 3.69. The summed E-state index contributed by atoms with van der Waals surface area (Å²) >= 11 is 0. The largest absolute Gasteiger partial charge is 0.327 e. The number of hydrogen-bond donors (Lipinski definition) is 0. The third kappa shape index (κ3) is 3.22. The van der Waals surface area contributed by atoms with Gasteiger partial charge in [-0.25, -0.2) is 4.79 Å². The fraction of sp³-hybridized carbons (Fsp3) is 0.609. The van der Waals surface area contributed by atoms with Gasteiger partial charge in [-0.3, -0.25) is 14.5 Å². The zero-order chi connectivity index (χ0) is 20.8. The Labute approximate surface area is 172 Å². The molecule has 0 aromatic heterocycles. The molecular weight excluding hydrogens is 366 g/mol. The highest BCUT2D eigenvalue weighted by molar-refractivity contribution is 6.10. The van der Waals surface area contributed by atoms with Crippen LogP contribution in [0.4, 0.5) is 10.5 Å². The van der Waals surface area contributed by atoms with Crippen molar-refractivity contribution in [3.8, 4) is 0 Å². The molecule has 156 valence electrons. The van der Waals surface area contributed by atoms with E-state index in [4.69, 9.17) is 0 Å². The molecule has 2 fully saturated rings. The van der Waals surface area contributed by atoms with Crippen LogP contribution in [0.2, 0.25) is 0 Å². The van der Waals surface area contributed by atoms with Gasteiger partial charge in [-0.15, -0.1) is 0 Å². The summed E-state index contributed by atoms with van der Waals surface area (Å²) in [6.07, 6.45) is 6.23. The van der Waals surface area contributed by atoms with Crippen LogP contribution in [0.5, 0.6) is 0 Å². The lowest BCUT2D eigenvalue weighted by atomic mass is 9.81. The highest BCUT2D eigenvalue weighted by Crippen LogP contribution is 2.39. The van der Waals surface area contributed by atoms with Gasteiger partial charge < -0.3 is 9.80 Å². The molecule has 29 heavy (non-hydrogen) atoms. The van der Waals surface area contributed by atoms with Crippen LogP contribution in [-0.2, 0) is 16.0 Å². The van der Waals surface area contributed by atoms with Crippen molar-refractivity contribution in [2.45, 2.75) is 70.3 Å². The fourth-order valence-corrected chi connectivity index (χ4v) is 5.13. The van der Waals surface area contributed by atoms with Gasteiger partial charge in [-0.1, -0.05) is 45.2 Å². The van der Waals surface area contributed by atoms with Crippen LogP contribution in [0.25, 0.3) is 0 Å². The minimum absolute atomic E-state index is 0.171. The molecule has 0 radical (unpaired) electrons. The second-order valence-electron chi connectivity index (χ2n) is 9.02. The van der Waals surface area contributed by atoms with E-state index in [1.165, 1.54) is 16.0 Å². The average Bonchev–Trinajstić information content (AvgIpc) is 2.89. The van der Waals surface area contributed by atoms with Gasteiger partial charge in [0.25, 0.3) is 5.91 Å². The number of fused-ring (bicyclic) bond motifs is 1. The molecule has 0 N–H and O–H groups in total. The second kappa shape index (κ2) is 7.47. The van der Waals surface area contributed by atoms with Gasteiger partial charge in [-0.05, 0) is 48.8 Å². The summed E-state index contributed by atoms with van der Waals surface area (Å²) in [6, 6.07) is 5.95. The lowest BCUT2D eigenvalue weighted by molar-refractivity contribution is -0.136. The number of hydrogen-bond acceptors (Lipinski definition) is 3. The Morgan fingerprint density at radius 2 is 1.83 bits per heavy atom. The SMILES string of the molecule is CC(C)c1ccc2c(c1)CCCN2C(=O)CN1C(=O)N(C)C2(CCCCC2)C1=O. The molecular formula is C23H31N3O3. The number of carbonyl (C=O) groups excluding carboxylic acids is 3. The number of rotatable bonds is 3. The highest BCUT2D eigenvalue weighted by Gasteiger charge is 2.56. The number of carbonyl (C=O) groups is 3. The van der Waals surface area contributed by atoms with Gasteiger partial charge >= 0.3 is 6.03 Å². The maximum Gasteiger partial charge on any atom is 0.327 e. The molecule has 1 saturated carbocycles. The number of nitrogens with zero attached hydrogens (tertiary/aromatic N) is 3. The average molecular weight is 398 g/mol. The summed E-state index contributed by atoms with van der Waals surface area (Å²) in [7, 11) is 1.71.